The maximum Gasteiger partial charge on any atom is 0.244 e. The molecule has 0 aliphatic carbocycles. The molecule has 5 nitrogen and oxygen atoms in total. The van der Waals surface area contributed by atoms with E-state index in [1.807, 2.05) is 31.1 Å². The highest BCUT2D eigenvalue weighted by molar-refractivity contribution is 5.91. The van der Waals surface area contributed by atoms with Gasteiger partial charge in [0.1, 0.15) is 12.4 Å². The van der Waals surface area contributed by atoms with Gasteiger partial charge in [0.25, 0.3) is 0 Å². The third kappa shape index (κ3) is 7.13. The fraction of sp³-hybridized carbons (Fsp3) is 0.471. The molecule has 0 aliphatic heterocycles. The highest BCUT2D eigenvalue weighted by Crippen LogP contribution is 2.23. The summed E-state index contributed by atoms with van der Waals surface area (Å²) < 4.78 is 5.62. The standard InChI is InChI=1S/C17H27N3O2/c1-13(2)12-19-17(21)8-6-14-5-7-16(15(18)11-14)22-10-9-20(3)4/h5-8,11,13H,9-10,12,18H2,1-4H3,(H,19,21)/b8-6-. The van der Waals surface area contributed by atoms with Crippen LogP contribution in [0.5, 0.6) is 5.75 Å². The summed E-state index contributed by atoms with van der Waals surface area (Å²) in [5, 5.41) is 2.83. The Morgan fingerprint density at radius 2 is 2.14 bits per heavy atom. The zero-order valence-electron chi connectivity index (χ0n) is 13.9. The molecule has 1 aromatic carbocycles. The van der Waals surface area contributed by atoms with Crippen LogP contribution in [-0.2, 0) is 4.79 Å². The molecule has 3 N–H and O–H groups in total. The van der Waals surface area contributed by atoms with Crippen molar-refractivity contribution in [3.63, 3.8) is 0 Å². The van der Waals surface area contributed by atoms with E-state index in [4.69, 9.17) is 10.5 Å². The predicted octanol–water partition coefficient (Wildman–Crippen LogP) is 1.99. The number of hydrogen-bond donors (Lipinski definition) is 2. The zero-order valence-corrected chi connectivity index (χ0v) is 13.9. The molecular formula is C17H27N3O2. The largest absolute Gasteiger partial charge is 0.490 e. The number of carbonyl (C=O) groups excluding carboxylic acids is 1. The predicted molar refractivity (Wildman–Crippen MR) is 91.8 cm³/mol. The van der Waals surface area contributed by atoms with Crippen molar-refractivity contribution in [1.29, 1.82) is 0 Å². The van der Waals surface area contributed by atoms with E-state index in [0.29, 0.717) is 30.5 Å². The Kier molecular flexibility index (Phi) is 7.46. The van der Waals surface area contributed by atoms with Crippen LogP contribution in [0.1, 0.15) is 19.4 Å². The summed E-state index contributed by atoms with van der Waals surface area (Å²) >= 11 is 0. The van der Waals surface area contributed by atoms with Crippen LogP contribution < -0.4 is 15.8 Å². The van der Waals surface area contributed by atoms with Gasteiger partial charge in [0.2, 0.25) is 5.91 Å². The lowest BCUT2D eigenvalue weighted by atomic mass is 10.1. The molecule has 0 heterocycles. The van der Waals surface area contributed by atoms with E-state index in [1.165, 1.54) is 6.08 Å². The number of nitrogens with zero attached hydrogens (tertiary/aromatic N) is 1. The van der Waals surface area contributed by atoms with E-state index in [0.717, 1.165) is 12.1 Å². The van der Waals surface area contributed by atoms with Gasteiger partial charge >= 0.3 is 0 Å². The summed E-state index contributed by atoms with van der Waals surface area (Å²) in [6.45, 7) is 6.20. The van der Waals surface area contributed by atoms with Crippen LogP contribution in [0.15, 0.2) is 24.3 Å². The van der Waals surface area contributed by atoms with Crippen LogP contribution >= 0.6 is 0 Å². The average molecular weight is 305 g/mol. The van der Waals surface area contributed by atoms with Gasteiger partial charge in [-0.1, -0.05) is 19.9 Å². The summed E-state index contributed by atoms with van der Waals surface area (Å²) in [5.41, 5.74) is 7.42. The lowest BCUT2D eigenvalue weighted by molar-refractivity contribution is -0.116. The molecule has 0 unspecified atom stereocenters. The lowest BCUT2D eigenvalue weighted by Crippen LogP contribution is -2.25. The van der Waals surface area contributed by atoms with Gasteiger partial charge in [0.05, 0.1) is 5.69 Å². The van der Waals surface area contributed by atoms with Crippen LogP contribution in [-0.4, -0.2) is 44.6 Å². The van der Waals surface area contributed by atoms with Crippen molar-refractivity contribution < 1.29 is 9.53 Å². The number of likely N-dealkylation sites (N-methyl/N-ethyl adjacent to an activating group) is 1. The van der Waals surface area contributed by atoms with Gasteiger partial charge in [-0.2, -0.15) is 0 Å². The fourth-order valence-corrected chi connectivity index (χ4v) is 1.68. The molecule has 122 valence electrons. The molecule has 0 saturated carbocycles. The topological polar surface area (TPSA) is 67.6 Å². The van der Waals surface area contributed by atoms with Crippen LogP contribution in [0, 0.1) is 5.92 Å². The SMILES string of the molecule is CC(C)CNC(=O)/C=C\c1ccc(OCCN(C)C)c(N)c1. The van der Waals surface area contributed by atoms with Crippen molar-refractivity contribution in [2.24, 2.45) is 5.92 Å². The minimum absolute atomic E-state index is 0.0985. The summed E-state index contributed by atoms with van der Waals surface area (Å²) in [7, 11) is 3.98. The Bertz CT molecular complexity index is 511. The third-order valence-electron chi connectivity index (χ3n) is 2.94. The van der Waals surface area contributed by atoms with E-state index in [9.17, 15) is 4.79 Å². The van der Waals surface area contributed by atoms with E-state index in [2.05, 4.69) is 19.2 Å². The summed E-state index contributed by atoms with van der Waals surface area (Å²) in [5.74, 6) is 1.01. The molecule has 1 amide bonds. The minimum atomic E-state index is -0.0985. The maximum atomic E-state index is 11.6. The third-order valence-corrected chi connectivity index (χ3v) is 2.94. The summed E-state index contributed by atoms with van der Waals surface area (Å²) in [6.07, 6.45) is 3.26. The molecule has 1 aromatic rings. The van der Waals surface area contributed by atoms with Gasteiger partial charge < -0.3 is 20.7 Å². The van der Waals surface area contributed by atoms with E-state index in [1.54, 1.807) is 12.1 Å². The van der Waals surface area contributed by atoms with Gasteiger partial charge in [0, 0.05) is 19.2 Å². The monoisotopic (exact) mass is 305 g/mol. The summed E-state index contributed by atoms with van der Waals surface area (Å²) in [6, 6.07) is 5.52. The molecule has 0 aromatic heterocycles. The first-order valence-electron chi connectivity index (χ1n) is 7.51. The maximum absolute atomic E-state index is 11.6. The number of hydrogen-bond acceptors (Lipinski definition) is 4. The second-order valence-electron chi connectivity index (χ2n) is 5.92. The first-order valence-corrected chi connectivity index (χ1v) is 7.51. The zero-order chi connectivity index (χ0) is 16.5. The molecule has 0 aliphatic rings. The average Bonchev–Trinajstić information content (AvgIpc) is 2.44. The molecule has 0 bridgehead atoms. The number of anilines is 1. The number of rotatable bonds is 8. The number of nitrogen functional groups attached to an aromatic ring is 1. The van der Waals surface area contributed by atoms with Gasteiger partial charge in [-0.15, -0.1) is 0 Å². The highest BCUT2D eigenvalue weighted by atomic mass is 16.5. The number of carbonyl (C=O) groups is 1. The van der Waals surface area contributed by atoms with Gasteiger partial charge in [-0.25, -0.2) is 0 Å². The number of benzene rings is 1. The van der Waals surface area contributed by atoms with E-state index in [-0.39, 0.29) is 5.91 Å². The molecule has 0 fully saturated rings. The van der Waals surface area contributed by atoms with Crippen molar-refractivity contribution in [3.05, 3.63) is 29.8 Å². The van der Waals surface area contributed by atoms with Gasteiger partial charge in [-0.3, -0.25) is 4.79 Å². The Labute approximate surface area is 133 Å². The number of amides is 1. The number of ether oxygens (including phenoxy) is 1. The van der Waals surface area contributed by atoms with Crippen molar-refractivity contribution in [2.75, 3.05) is 39.5 Å². The van der Waals surface area contributed by atoms with Crippen LogP contribution in [0.25, 0.3) is 6.08 Å². The molecule has 1 rings (SSSR count). The molecule has 0 atom stereocenters. The first-order chi connectivity index (χ1) is 10.4. The van der Waals surface area contributed by atoms with E-state index < -0.39 is 0 Å². The fourth-order valence-electron chi connectivity index (χ4n) is 1.68. The van der Waals surface area contributed by atoms with Crippen LogP contribution in [0.2, 0.25) is 0 Å². The van der Waals surface area contributed by atoms with Crippen molar-refractivity contribution in [3.8, 4) is 5.75 Å². The molecule has 22 heavy (non-hydrogen) atoms. The van der Waals surface area contributed by atoms with Crippen LogP contribution in [0.4, 0.5) is 5.69 Å². The lowest BCUT2D eigenvalue weighted by Gasteiger charge is -2.12. The first kappa shape index (κ1) is 18.0. The van der Waals surface area contributed by atoms with Crippen molar-refractivity contribution in [2.45, 2.75) is 13.8 Å². The summed E-state index contributed by atoms with van der Waals surface area (Å²) in [4.78, 5) is 13.7. The van der Waals surface area contributed by atoms with Crippen molar-refractivity contribution in [1.82, 2.24) is 10.2 Å². The Hall–Kier alpha value is -2.01. The molecular weight excluding hydrogens is 278 g/mol. The molecule has 0 saturated heterocycles. The number of nitrogens with one attached hydrogen (secondary N) is 1. The second-order valence-corrected chi connectivity index (χ2v) is 5.92. The molecule has 5 heteroatoms. The Morgan fingerprint density at radius 3 is 2.73 bits per heavy atom. The second kappa shape index (κ2) is 9.10. The van der Waals surface area contributed by atoms with E-state index >= 15 is 0 Å². The molecule has 0 spiro atoms. The Balaban J connectivity index is 2.55. The van der Waals surface area contributed by atoms with Gasteiger partial charge in [0.15, 0.2) is 0 Å². The van der Waals surface area contributed by atoms with Crippen molar-refractivity contribution >= 4 is 17.7 Å². The Morgan fingerprint density at radius 1 is 1.41 bits per heavy atom. The van der Waals surface area contributed by atoms with Crippen LogP contribution in [0.3, 0.4) is 0 Å². The smallest absolute Gasteiger partial charge is 0.244 e. The quantitative estimate of drug-likeness (QED) is 0.569. The number of nitrogens with two attached hydrogens (primary N) is 1. The highest BCUT2D eigenvalue weighted by Gasteiger charge is 2.02. The normalized spacial score (nSPS) is 11.4. The van der Waals surface area contributed by atoms with Gasteiger partial charge in [-0.05, 0) is 43.8 Å². The minimum Gasteiger partial charge on any atom is -0.490 e. The molecule has 0 radical (unpaired) electrons.